The lowest BCUT2D eigenvalue weighted by molar-refractivity contribution is -0.114. The molecule has 4 aromatic carbocycles. The Kier molecular flexibility index (Phi) is 19.2. The van der Waals surface area contributed by atoms with Crippen molar-refractivity contribution in [3.63, 3.8) is 0 Å². The van der Waals surface area contributed by atoms with Crippen molar-refractivity contribution in [1.82, 2.24) is 0 Å². The lowest BCUT2D eigenvalue weighted by Gasteiger charge is -2.45. The third-order valence-corrected chi connectivity index (χ3v) is 23.3. The summed E-state index contributed by atoms with van der Waals surface area (Å²) in [5.74, 6) is 0.160. The van der Waals surface area contributed by atoms with Crippen LogP contribution in [0.1, 0.15) is 93.9 Å². The highest BCUT2D eigenvalue weighted by Crippen LogP contribution is 2.42. The van der Waals surface area contributed by atoms with Crippen LogP contribution in [0, 0.1) is 34.5 Å². The van der Waals surface area contributed by atoms with E-state index >= 15 is 0 Å². The minimum atomic E-state index is -2.73. The summed E-state index contributed by atoms with van der Waals surface area (Å²) in [7, 11) is -5.44. The summed E-state index contributed by atoms with van der Waals surface area (Å²) in [6.07, 6.45) is 9.50. The number of benzene rings is 4. The highest BCUT2D eigenvalue weighted by atomic mass is 28.4. The van der Waals surface area contributed by atoms with E-state index < -0.39 is 22.7 Å². The Morgan fingerprint density at radius 1 is 0.652 bits per heavy atom. The second-order valence-corrected chi connectivity index (χ2v) is 28.0. The van der Waals surface area contributed by atoms with E-state index in [9.17, 15) is 20.4 Å². The average Bonchev–Trinajstić information content (AvgIpc) is 3.91. The minimum absolute atomic E-state index is 0.0206. The lowest BCUT2D eigenvalue weighted by atomic mass is 9.93. The smallest absolute Gasteiger partial charge is 0.261 e. The van der Waals surface area contributed by atoms with Crippen molar-refractivity contribution in [2.24, 2.45) is 11.8 Å². The molecule has 0 radical (unpaired) electrons. The number of carbonyl (C=O) groups excluding carboxylic acids is 1. The first-order valence-corrected chi connectivity index (χ1v) is 27.6. The van der Waals surface area contributed by atoms with Crippen molar-refractivity contribution in [3.8, 4) is 12.1 Å². The largest absolute Gasteiger partial charge is 0.402 e. The molecule has 2 aliphatic heterocycles. The Bertz CT molecular complexity index is 2150. The van der Waals surface area contributed by atoms with Gasteiger partial charge in [-0.1, -0.05) is 195 Å². The highest BCUT2D eigenvalue weighted by molar-refractivity contribution is 7.00. The number of hydrogen-bond donors (Lipinski definition) is 1. The van der Waals surface area contributed by atoms with E-state index in [2.05, 4.69) is 151 Å². The number of carbonyl (C=O) groups is 1. The predicted octanol–water partition coefficient (Wildman–Crippen LogP) is 9.36. The Morgan fingerprint density at radius 2 is 1.00 bits per heavy atom. The molecule has 66 heavy (non-hydrogen) atoms. The first kappa shape index (κ1) is 52.2. The zero-order valence-electron chi connectivity index (χ0n) is 40.4. The van der Waals surface area contributed by atoms with E-state index in [0.29, 0.717) is 51.7 Å². The Balaban J connectivity index is 0.000000247. The molecule has 0 unspecified atom stereocenters. The molecular weight excluding hydrogens is 853 g/mol. The van der Waals surface area contributed by atoms with E-state index in [1.54, 1.807) is 6.08 Å². The summed E-state index contributed by atoms with van der Waals surface area (Å²) in [5, 5.41) is 33.3. The van der Waals surface area contributed by atoms with Crippen LogP contribution in [0.2, 0.25) is 10.1 Å². The minimum Gasteiger partial charge on any atom is -0.402 e. The van der Waals surface area contributed by atoms with E-state index in [1.165, 1.54) is 20.7 Å². The maximum atomic E-state index is 11.9. The number of rotatable bonds is 18. The van der Waals surface area contributed by atoms with Crippen LogP contribution in [0.5, 0.6) is 0 Å². The topological polar surface area (TPSA) is 122 Å². The number of ether oxygens (including phenoxy) is 2. The van der Waals surface area contributed by atoms with Gasteiger partial charge in [-0.3, -0.25) is 4.79 Å². The number of aliphatic hydroxyl groups is 1. The number of ketones is 1. The van der Waals surface area contributed by atoms with Gasteiger partial charge in [-0.05, 0) is 56.2 Å². The highest BCUT2D eigenvalue weighted by Gasteiger charge is 2.55. The van der Waals surface area contributed by atoms with Crippen LogP contribution in [0.25, 0.3) is 0 Å². The molecule has 6 rings (SSSR count). The first-order chi connectivity index (χ1) is 31.7. The summed E-state index contributed by atoms with van der Waals surface area (Å²) in [6.45, 7) is 18.3. The molecular formula is C56H72N2O6Si2. The second-order valence-electron chi connectivity index (χ2n) is 19.5. The third kappa shape index (κ3) is 12.4. The molecule has 4 aromatic rings. The van der Waals surface area contributed by atoms with Crippen molar-refractivity contribution in [2.75, 3.05) is 13.2 Å². The zero-order chi connectivity index (χ0) is 47.8. The molecule has 2 heterocycles. The molecule has 0 spiro atoms. The second kappa shape index (κ2) is 24.3. The fourth-order valence-corrected chi connectivity index (χ4v) is 19.1. The monoisotopic (exact) mass is 924 g/mol. The summed E-state index contributed by atoms with van der Waals surface area (Å²) in [5.41, 5.74) is 0. The van der Waals surface area contributed by atoms with Gasteiger partial charge in [0.15, 0.2) is 5.78 Å². The molecule has 8 nitrogen and oxygen atoms in total. The van der Waals surface area contributed by atoms with Gasteiger partial charge in [0.1, 0.15) is 0 Å². The van der Waals surface area contributed by atoms with Gasteiger partial charge in [0.2, 0.25) is 0 Å². The summed E-state index contributed by atoms with van der Waals surface area (Å²) >= 11 is 0. The SMILES string of the molecule is CCC(=O)/C=C/[C@H]1OC[C@H](O[Si](c2ccccc2)(c2ccccc2)C(C)(C)C)[C@@H]1CCC#N.CC[C@H](O)/C=C/[C@H]1OC[C@H](O[Si](c2ccccc2)(c2ccccc2)C(C)(C)C)[C@@H]1CCC#N. The number of hydrogen-bond acceptors (Lipinski definition) is 8. The Labute approximate surface area is 397 Å². The normalized spacial score (nSPS) is 21.8. The van der Waals surface area contributed by atoms with Gasteiger partial charge in [-0.15, -0.1) is 0 Å². The predicted molar refractivity (Wildman–Crippen MR) is 271 cm³/mol. The van der Waals surface area contributed by atoms with Gasteiger partial charge >= 0.3 is 0 Å². The summed E-state index contributed by atoms with van der Waals surface area (Å²) in [4.78, 5) is 11.9. The fraction of sp³-hybridized carbons (Fsp3) is 0.446. The number of nitriles is 2. The molecule has 350 valence electrons. The molecule has 7 atom stereocenters. The molecule has 10 heteroatoms. The molecule has 0 aliphatic carbocycles. The van der Waals surface area contributed by atoms with Crippen LogP contribution in [0.4, 0.5) is 0 Å². The Hall–Kier alpha value is -4.76. The van der Waals surface area contributed by atoms with Gasteiger partial charge in [0, 0.05) is 31.1 Å². The van der Waals surface area contributed by atoms with E-state index in [0.717, 1.165) is 0 Å². The molecule has 0 amide bonds. The number of nitrogens with zero attached hydrogens (tertiary/aromatic N) is 2. The average molecular weight is 925 g/mol. The molecule has 0 saturated carbocycles. The van der Waals surface area contributed by atoms with Crippen LogP contribution in [0.3, 0.4) is 0 Å². The van der Waals surface area contributed by atoms with Gasteiger partial charge in [0.25, 0.3) is 16.6 Å². The van der Waals surface area contributed by atoms with E-state index in [-0.39, 0.29) is 52.1 Å². The Morgan fingerprint density at radius 3 is 1.30 bits per heavy atom. The van der Waals surface area contributed by atoms with Crippen LogP contribution in [-0.2, 0) is 23.1 Å². The van der Waals surface area contributed by atoms with Crippen LogP contribution >= 0.6 is 0 Å². The van der Waals surface area contributed by atoms with Gasteiger partial charge in [-0.25, -0.2) is 0 Å². The van der Waals surface area contributed by atoms with Crippen LogP contribution in [-0.4, -0.2) is 71.3 Å². The first-order valence-electron chi connectivity index (χ1n) is 23.8. The van der Waals surface area contributed by atoms with Gasteiger partial charge in [0.05, 0.1) is 55.9 Å². The maximum Gasteiger partial charge on any atom is 0.261 e. The summed E-state index contributed by atoms with van der Waals surface area (Å²) < 4.78 is 27.0. The van der Waals surface area contributed by atoms with Crippen molar-refractivity contribution < 1.29 is 28.2 Å². The van der Waals surface area contributed by atoms with Crippen LogP contribution < -0.4 is 20.7 Å². The van der Waals surface area contributed by atoms with Gasteiger partial charge < -0.3 is 23.4 Å². The third-order valence-electron chi connectivity index (χ3n) is 13.1. The molecule has 2 saturated heterocycles. The maximum absolute atomic E-state index is 11.9. The molecule has 1 N–H and O–H groups in total. The number of aliphatic hydroxyl groups excluding tert-OH is 1. The standard InChI is InChI=1S/C28H37NO3Si.C28H35NO3Si/c2*1-5-22(30)18-19-26-25(17-12-20-29)27(21-31-26)32-33(28(2,3)4,23-13-8-6-9-14-23)24-15-10-7-11-16-24/h6-11,13-16,18-19,22,25-27,30H,5,12,17,21H2,1-4H3;6-11,13-16,18-19,25-27H,5,12,17,21H2,1-4H3/b2*19-18+/t22-,25+,26+,27-;25-,26-,27+/m01/s1. The van der Waals surface area contributed by atoms with Crippen LogP contribution in [0.15, 0.2) is 146 Å². The van der Waals surface area contributed by atoms with Crippen molar-refractivity contribution >= 4 is 43.2 Å². The molecule has 2 fully saturated rings. The zero-order valence-corrected chi connectivity index (χ0v) is 42.4. The van der Waals surface area contributed by atoms with Crippen molar-refractivity contribution in [2.45, 2.75) is 135 Å². The fourth-order valence-electron chi connectivity index (χ4n) is 9.66. The van der Waals surface area contributed by atoms with Crippen molar-refractivity contribution in [1.29, 1.82) is 10.5 Å². The van der Waals surface area contributed by atoms with E-state index in [1.807, 2.05) is 56.3 Å². The lowest BCUT2D eigenvalue weighted by Crippen LogP contribution is -2.68. The molecule has 0 bridgehead atoms. The number of allylic oxidation sites excluding steroid dienone is 1. The quantitative estimate of drug-likeness (QED) is 0.0596. The summed E-state index contributed by atoms with van der Waals surface area (Å²) in [6, 6.07) is 46.9. The van der Waals surface area contributed by atoms with Crippen molar-refractivity contribution in [3.05, 3.63) is 146 Å². The molecule has 2 aliphatic rings. The van der Waals surface area contributed by atoms with E-state index in [4.69, 9.17) is 18.3 Å². The van der Waals surface area contributed by atoms with Gasteiger partial charge in [-0.2, -0.15) is 10.5 Å². The molecule has 0 aromatic heterocycles.